The molecule has 5 aromatic carbocycles. The number of hydrogen-bond acceptors (Lipinski definition) is 16. The molecule has 0 aliphatic heterocycles. The molecule has 15 nitrogen and oxygen atoms in total. The molecule has 0 saturated heterocycles. The summed E-state index contributed by atoms with van der Waals surface area (Å²) >= 11 is 1.43. The first-order valence-corrected chi connectivity index (χ1v) is 21.6. The number of nitrogens with one attached hydrogen (secondary N) is 1. The van der Waals surface area contributed by atoms with Gasteiger partial charge >= 0.3 is 29.8 Å². The maximum atomic E-state index is 13.6. The zero-order chi connectivity index (χ0) is 46.8. The van der Waals surface area contributed by atoms with Gasteiger partial charge in [0.05, 0.1) is 47.2 Å². The molecule has 1 unspecified atom stereocenters. The van der Waals surface area contributed by atoms with E-state index in [-0.39, 0.29) is 44.2 Å². The average molecular weight is 914 g/mol. The van der Waals surface area contributed by atoms with Gasteiger partial charge < -0.3 is 33.2 Å². The van der Waals surface area contributed by atoms with E-state index in [1.54, 1.807) is 48.5 Å². The molecule has 66 heavy (non-hydrogen) atoms. The monoisotopic (exact) mass is 913 g/mol. The van der Waals surface area contributed by atoms with Crippen LogP contribution in [0.2, 0.25) is 0 Å². The molecule has 0 aliphatic rings. The Bertz CT molecular complexity index is 2710. The number of thiazole rings is 1. The van der Waals surface area contributed by atoms with E-state index in [0.29, 0.717) is 58.0 Å². The van der Waals surface area contributed by atoms with Gasteiger partial charge in [0.25, 0.3) is 0 Å². The van der Waals surface area contributed by atoms with Crippen LogP contribution in [0.3, 0.4) is 0 Å². The Morgan fingerprint density at radius 2 is 1.45 bits per heavy atom. The quantitative estimate of drug-likeness (QED) is 0.0122. The highest BCUT2D eigenvalue weighted by molar-refractivity contribution is 7.22. The molecule has 1 atom stereocenters. The predicted molar refractivity (Wildman–Crippen MR) is 249 cm³/mol. The number of hydrogen-bond donors (Lipinski definition) is 1. The third-order valence-electron chi connectivity index (χ3n) is 9.54. The highest BCUT2D eigenvalue weighted by Crippen LogP contribution is 2.29. The van der Waals surface area contributed by atoms with Crippen LogP contribution in [0.5, 0.6) is 17.2 Å². The Hall–Kier alpha value is -7.69. The first kappa shape index (κ1) is 47.8. The van der Waals surface area contributed by atoms with Crippen molar-refractivity contribution < 1.29 is 57.1 Å². The standard InChI is InChI=1S/C50H47N3O12S/c1-5-45(54)60-23-10-9-22-59-30-40(63-47(56)21-24-61-46(55)6-2)31-62-39-18-16-34(17-19-39)48(57)65-43-28-35-14-15-36(49(58)64-42-20-13-32(3)25-33(42)4)26-37(35)27-38(43)29-51-53-50-52-41-11-7-8-12-44(41)66-50/h5-8,11-20,25-29,40H,1-2,9-10,21-24,30-31H2,3-4H3,(H,52,53). The average Bonchev–Trinajstić information content (AvgIpc) is 3.74. The van der Waals surface area contributed by atoms with Crippen molar-refractivity contribution in [2.75, 3.05) is 38.5 Å². The van der Waals surface area contributed by atoms with E-state index < -0.39 is 36.0 Å². The largest absolute Gasteiger partial charge is 0.490 e. The summed E-state index contributed by atoms with van der Waals surface area (Å²) in [6.45, 7) is 10.7. The molecule has 340 valence electrons. The van der Waals surface area contributed by atoms with Gasteiger partial charge in [-0.15, -0.1) is 0 Å². The Balaban J connectivity index is 1.13. The number of fused-ring (bicyclic) bond motifs is 2. The molecule has 6 aromatic rings. The van der Waals surface area contributed by atoms with Crippen molar-refractivity contribution in [3.63, 3.8) is 0 Å². The number of carbonyl (C=O) groups is 5. The molecule has 1 N–H and O–H groups in total. The van der Waals surface area contributed by atoms with Crippen molar-refractivity contribution in [3.05, 3.63) is 150 Å². The van der Waals surface area contributed by atoms with Crippen LogP contribution in [0, 0.1) is 13.8 Å². The van der Waals surface area contributed by atoms with Gasteiger partial charge in [0.15, 0.2) is 6.10 Å². The first-order valence-electron chi connectivity index (χ1n) is 20.8. The molecule has 1 aromatic heterocycles. The molecule has 0 spiro atoms. The van der Waals surface area contributed by atoms with E-state index >= 15 is 0 Å². The van der Waals surface area contributed by atoms with E-state index in [4.69, 9.17) is 33.2 Å². The summed E-state index contributed by atoms with van der Waals surface area (Å²) in [5.41, 5.74) is 6.64. The van der Waals surface area contributed by atoms with Gasteiger partial charge in [-0.05, 0) is 110 Å². The molecular formula is C50H47N3O12S. The van der Waals surface area contributed by atoms with Crippen molar-refractivity contribution in [1.29, 1.82) is 0 Å². The van der Waals surface area contributed by atoms with Gasteiger partial charge in [0, 0.05) is 24.3 Å². The summed E-state index contributed by atoms with van der Waals surface area (Å²) in [7, 11) is 0. The van der Waals surface area contributed by atoms with E-state index in [1.165, 1.54) is 29.7 Å². The van der Waals surface area contributed by atoms with Crippen LogP contribution >= 0.6 is 11.3 Å². The molecule has 16 heteroatoms. The van der Waals surface area contributed by atoms with Gasteiger partial charge in [-0.3, -0.25) is 10.2 Å². The van der Waals surface area contributed by atoms with Crippen LogP contribution < -0.4 is 19.6 Å². The number of rotatable bonds is 23. The topological polar surface area (TPSA) is 187 Å². The van der Waals surface area contributed by atoms with Crippen molar-refractivity contribution in [2.24, 2.45) is 5.10 Å². The van der Waals surface area contributed by atoms with E-state index in [1.807, 2.05) is 50.2 Å². The van der Waals surface area contributed by atoms with E-state index in [0.717, 1.165) is 33.5 Å². The summed E-state index contributed by atoms with van der Waals surface area (Å²) in [5.74, 6) is -1.97. The lowest BCUT2D eigenvalue weighted by Crippen LogP contribution is -2.30. The van der Waals surface area contributed by atoms with Crippen molar-refractivity contribution >= 4 is 73.5 Å². The minimum absolute atomic E-state index is 0.0128. The molecular weight excluding hydrogens is 867 g/mol. The minimum Gasteiger partial charge on any atom is -0.490 e. The van der Waals surface area contributed by atoms with Crippen LogP contribution in [-0.2, 0) is 33.3 Å². The minimum atomic E-state index is -0.841. The summed E-state index contributed by atoms with van der Waals surface area (Å²) in [6.07, 6.45) is 3.67. The number of benzene rings is 5. The number of anilines is 1. The van der Waals surface area contributed by atoms with Gasteiger partial charge in [-0.1, -0.05) is 60.4 Å². The zero-order valence-electron chi connectivity index (χ0n) is 36.3. The van der Waals surface area contributed by atoms with E-state index in [9.17, 15) is 24.0 Å². The number of hydrazone groups is 1. The van der Waals surface area contributed by atoms with Crippen LogP contribution in [-0.4, -0.2) is 80.2 Å². The summed E-state index contributed by atoms with van der Waals surface area (Å²) < 4.78 is 39.7. The lowest BCUT2D eigenvalue weighted by Gasteiger charge is -2.19. The van der Waals surface area contributed by atoms with Gasteiger partial charge in [0.2, 0.25) is 5.13 Å². The van der Waals surface area contributed by atoms with Crippen molar-refractivity contribution in [2.45, 2.75) is 39.2 Å². The summed E-state index contributed by atoms with van der Waals surface area (Å²) in [5, 5.41) is 6.33. The zero-order valence-corrected chi connectivity index (χ0v) is 37.1. The highest BCUT2D eigenvalue weighted by atomic mass is 32.1. The Kier molecular flexibility index (Phi) is 17.3. The number of carbonyl (C=O) groups excluding carboxylic acids is 5. The summed E-state index contributed by atoms with van der Waals surface area (Å²) in [4.78, 5) is 66.6. The van der Waals surface area contributed by atoms with Crippen LogP contribution in [0.4, 0.5) is 5.13 Å². The smallest absolute Gasteiger partial charge is 0.343 e. The second-order valence-electron chi connectivity index (χ2n) is 14.6. The number of nitrogens with zero attached hydrogens (tertiary/aromatic N) is 2. The SMILES string of the molecule is C=CC(=O)OCCCCOCC(COc1ccc(C(=O)Oc2cc3ccc(C(=O)Oc4ccc(C)cc4C)cc3cc2C=NNc2nc3ccccc3s2)cc1)OC(=O)CCOC(=O)C=C. The maximum Gasteiger partial charge on any atom is 0.343 e. The van der Waals surface area contributed by atoms with Gasteiger partial charge in [-0.25, -0.2) is 24.2 Å². The molecule has 6 rings (SSSR count). The molecule has 0 saturated carbocycles. The molecule has 1 heterocycles. The Labute approximate surface area is 384 Å². The molecule has 0 aliphatic carbocycles. The fourth-order valence-electron chi connectivity index (χ4n) is 6.20. The lowest BCUT2D eigenvalue weighted by atomic mass is 10.0. The second kappa shape index (κ2) is 23.8. The number of para-hydroxylation sites is 1. The molecule has 0 amide bonds. The van der Waals surface area contributed by atoms with E-state index in [2.05, 4.69) is 28.7 Å². The first-order chi connectivity index (χ1) is 32.0. The van der Waals surface area contributed by atoms with Crippen LogP contribution in [0.25, 0.3) is 21.0 Å². The van der Waals surface area contributed by atoms with Crippen molar-refractivity contribution in [1.82, 2.24) is 4.98 Å². The number of aromatic nitrogens is 1. The predicted octanol–water partition coefficient (Wildman–Crippen LogP) is 8.89. The number of unbranched alkanes of at least 4 members (excludes halogenated alkanes) is 1. The number of esters is 5. The van der Waals surface area contributed by atoms with Crippen LogP contribution in [0.1, 0.15) is 56.7 Å². The Morgan fingerprint density at radius 1 is 0.742 bits per heavy atom. The summed E-state index contributed by atoms with van der Waals surface area (Å²) in [6, 6.07) is 28.0. The van der Waals surface area contributed by atoms with Gasteiger partial charge in [0.1, 0.15) is 30.5 Å². The normalized spacial score (nSPS) is 11.4. The third kappa shape index (κ3) is 14.2. The number of ether oxygens (including phenoxy) is 7. The number of aryl methyl sites for hydroxylation is 2. The molecule has 0 bridgehead atoms. The maximum absolute atomic E-state index is 13.6. The van der Waals surface area contributed by atoms with Gasteiger partial charge in [-0.2, -0.15) is 5.10 Å². The highest BCUT2D eigenvalue weighted by Gasteiger charge is 2.19. The Morgan fingerprint density at radius 3 is 2.21 bits per heavy atom. The van der Waals surface area contributed by atoms with Crippen LogP contribution in [0.15, 0.2) is 127 Å². The fourth-order valence-corrected chi connectivity index (χ4v) is 7.02. The molecule has 0 radical (unpaired) electrons. The second-order valence-corrected chi connectivity index (χ2v) is 15.6. The molecule has 0 fully saturated rings. The lowest BCUT2D eigenvalue weighted by molar-refractivity contribution is -0.156. The fraction of sp³-hybridized carbons (Fsp3) is 0.220. The van der Waals surface area contributed by atoms with Crippen molar-refractivity contribution in [3.8, 4) is 17.2 Å². The third-order valence-corrected chi connectivity index (χ3v) is 10.5.